The normalized spacial score (nSPS) is 10.2. The zero-order chi connectivity index (χ0) is 12.5. The van der Waals surface area contributed by atoms with Crippen LogP contribution in [0.15, 0.2) is 18.2 Å². The van der Waals surface area contributed by atoms with Crippen molar-refractivity contribution in [2.24, 2.45) is 0 Å². The molecule has 104 valence electrons. The molecule has 0 radical (unpaired) electrons. The van der Waals surface area contributed by atoms with E-state index in [9.17, 15) is 0 Å². The third-order valence-electron chi connectivity index (χ3n) is 2.82. The van der Waals surface area contributed by atoms with Crippen molar-refractivity contribution >= 4 is 35.6 Å². The van der Waals surface area contributed by atoms with Crippen LogP contribution in [0.4, 0.5) is 0 Å². The molecule has 1 nitrogen and oxygen atoms in total. The number of halogens is 3. The minimum absolute atomic E-state index is 0. The van der Waals surface area contributed by atoms with Gasteiger partial charge in [0.25, 0.3) is 0 Å². The van der Waals surface area contributed by atoms with E-state index in [4.69, 9.17) is 23.2 Å². The van der Waals surface area contributed by atoms with Gasteiger partial charge in [0.1, 0.15) is 0 Å². The molecule has 0 unspecified atom stereocenters. The smallest absolute Gasteiger partial charge is 0.0465 e. The van der Waals surface area contributed by atoms with Gasteiger partial charge in [-0.3, -0.25) is 0 Å². The second kappa shape index (κ2) is 10.9. The van der Waals surface area contributed by atoms with Crippen LogP contribution in [0, 0.1) is 0 Å². The average molecular weight is 311 g/mol. The Kier molecular flexibility index (Phi) is 11.0. The van der Waals surface area contributed by atoms with Gasteiger partial charge in [-0.25, -0.2) is 0 Å². The Balaban J connectivity index is 0.00000289. The number of nitrogens with one attached hydrogen (secondary N) is 1. The first-order chi connectivity index (χ1) is 8.25. The lowest BCUT2D eigenvalue weighted by Gasteiger charge is -2.08. The summed E-state index contributed by atoms with van der Waals surface area (Å²) in [6.07, 6.45) is 6.50. The third-order valence-corrected chi connectivity index (χ3v) is 3.53. The van der Waals surface area contributed by atoms with Gasteiger partial charge in [0, 0.05) is 22.2 Å². The molecule has 0 aliphatic rings. The van der Waals surface area contributed by atoms with E-state index in [0.717, 1.165) is 28.7 Å². The molecular weight excluding hydrogens is 289 g/mol. The Labute approximate surface area is 127 Å². The fraction of sp³-hybridized carbons (Fsp3) is 0.571. The minimum Gasteiger partial charge on any atom is -0.313 e. The van der Waals surface area contributed by atoms with Gasteiger partial charge in [-0.2, -0.15) is 0 Å². The van der Waals surface area contributed by atoms with Crippen LogP contribution < -0.4 is 5.32 Å². The topological polar surface area (TPSA) is 12.0 Å². The van der Waals surface area contributed by atoms with Gasteiger partial charge in [-0.15, -0.1) is 12.4 Å². The maximum absolute atomic E-state index is 6.09. The molecule has 18 heavy (non-hydrogen) atoms. The summed E-state index contributed by atoms with van der Waals surface area (Å²) in [5.41, 5.74) is 1.00. The molecule has 0 aromatic heterocycles. The van der Waals surface area contributed by atoms with Crippen molar-refractivity contribution in [3.8, 4) is 0 Å². The van der Waals surface area contributed by atoms with Crippen LogP contribution in [-0.2, 0) is 6.54 Å². The van der Waals surface area contributed by atoms with Crippen molar-refractivity contribution in [3.63, 3.8) is 0 Å². The Morgan fingerprint density at radius 2 is 1.61 bits per heavy atom. The number of rotatable bonds is 8. The molecule has 0 saturated heterocycles. The second-order valence-electron chi connectivity index (χ2n) is 4.29. The summed E-state index contributed by atoms with van der Waals surface area (Å²) in [5, 5.41) is 4.88. The van der Waals surface area contributed by atoms with Crippen LogP contribution in [0.25, 0.3) is 0 Å². The first-order valence-electron chi connectivity index (χ1n) is 6.39. The van der Waals surface area contributed by atoms with Crippen molar-refractivity contribution in [2.75, 3.05) is 6.54 Å². The van der Waals surface area contributed by atoms with Crippen LogP contribution in [-0.4, -0.2) is 6.54 Å². The van der Waals surface area contributed by atoms with E-state index >= 15 is 0 Å². The van der Waals surface area contributed by atoms with Crippen molar-refractivity contribution in [1.82, 2.24) is 5.32 Å². The summed E-state index contributed by atoms with van der Waals surface area (Å²) in [4.78, 5) is 0. The maximum atomic E-state index is 6.09. The van der Waals surface area contributed by atoms with Gasteiger partial charge in [0.15, 0.2) is 0 Å². The van der Waals surface area contributed by atoms with Crippen molar-refractivity contribution in [1.29, 1.82) is 0 Å². The Morgan fingerprint density at radius 1 is 1.00 bits per heavy atom. The quantitative estimate of drug-likeness (QED) is 0.627. The van der Waals surface area contributed by atoms with Crippen LogP contribution in [0.2, 0.25) is 10.0 Å². The SMILES string of the molecule is CCCCCCCNCc1c(Cl)cccc1Cl.Cl. The molecule has 1 rings (SSSR count). The zero-order valence-corrected chi connectivity index (χ0v) is 13.2. The van der Waals surface area contributed by atoms with E-state index in [1.807, 2.05) is 18.2 Å². The molecule has 0 amide bonds. The Bertz CT molecular complexity index is 309. The highest BCUT2D eigenvalue weighted by molar-refractivity contribution is 6.35. The number of unbranched alkanes of at least 4 members (excludes halogenated alkanes) is 4. The number of hydrogen-bond donors (Lipinski definition) is 1. The molecule has 4 heteroatoms. The van der Waals surface area contributed by atoms with E-state index in [2.05, 4.69) is 12.2 Å². The molecule has 0 fully saturated rings. The number of hydrogen-bond acceptors (Lipinski definition) is 1. The monoisotopic (exact) mass is 309 g/mol. The third kappa shape index (κ3) is 6.84. The average Bonchev–Trinajstić information content (AvgIpc) is 2.31. The molecule has 0 atom stereocenters. The van der Waals surface area contributed by atoms with Crippen LogP contribution in [0.3, 0.4) is 0 Å². The van der Waals surface area contributed by atoms with Crippen LogP contribution in [0.5, 0.6) is 0 Å². The van der Waals surface area contributed by atoms with E-state index < -0.39 is 0 Å². The molecule has 1 N–H and O–H groups in total. The second-order valence-corrected chi connectivity index (χ2v) is 5.11. The molecule has 1 aromatic carbocycles. The summed E-state index contributed by atoms with van der Waals surface area (Å²) < 4.78 is 0. The molecule has 0 heterocycles. The predicted molar refractivity (Wildman–Crippen MR) is 84.2 cm³/mol. The highest BCUT2D eigenvalue weighted by atomic mass is 35.5. The largest absolute Gasteiger partial charge is 0.313 e. The van der Waals surface area contributed by atoms with Gasteiger partial charge in [0.05, 0.1) is 0 Å². The van der Waals surface area contributed by atoms with E-state index in [1.165, 1.54) is 32.1 Å². The fourth-order valence-electron chi connectivity index (χ4n) is 1.77. The highest BCUT2D eigenvalue weighted by Crippen LogP contribution is 2.23. The Hall–Kier alpha value is 0.0500. The molecule has 0 spiro atoms. The standard InChI is InChI=1S/C14H21Cl2N.ClH/c1-2-3-4-5-6-10-17-11-12-13(15)8-7-9-14(12)16;/h7-9,17H,2-6,10-11H2,1H3;1H. The van der Waals surface area contributed by atoms with Gasteiger partial charge in [-0.05, 0) is 25.1 Å². The summed E-state index contributed by atoms with van der Waals surface area (Å²) in [5.74, 6) is 0. The zero-order valence-electron chi connectivity index (χ0n) is 10.8. The molecule has 0 bridgehead atoms. The first-order valence-corrected chi connectivity index (χ1v) is 7.15. The highest BCUT2D eigenvalue weighted by Gasteiger charge is 2.03. The lowest BCUT2D eigenvalue weighted by Crippen LogP contribution is -2.15. The Morgan fingerprint density at radius 3 is 2.22 bits per heavy atom. The van der Waals surface area contributed by atoms with Gasteiger partial charge in [-0.1, -0.05) is 61.9 Å². The molecule has 0 aliphatic heterocycles. The van der Waals surface area contributed by atoms with E-state index in [-0.39, 0.29) is 12.4 Å². The molecule has 1 aromatic rings. The lowest BCUT2D eigenvalue weighted by atomic mass is 10.1. The lowest BCUT2D eigenvalue weighted by molar-refractivity contribution is 0.583. The molecular formula is C14H22Cl3N. The van der Waals surface area contributed by atoms with Gasteiger partial charge < -0.3 is 5.32 Å². The van der Waals surface area contributed by atoms with E-state index in [1.54, 1.807) is 0 Å². The summed E-state index contributed by atoms with van der Waals surface area (Å²) in [6.45, 7) is 4.02. The predicted octanol–water partition coefficient (Wildman–Crippen LogP) is 5.48. The first kappa shape index (κ1) is 18.0. The van der Waals surface area contributed by atoms with Crippen LogP contribution in [0.1, 0.15) is 44.6 Å². The van der Waals surface area contributed by atoms with Crippen molar-refractivity contribution in [2.45, 2.75) is 45.6 Å². The summed E-state index contributed by atoms with van der Waals surface area (Å²) in [6, 6.07) is 5.64. The molecule has 0 saturated carbocycles. The van der Waals surface area contributed by atoms with Crippen molar-refractivity contribution in [3.05, 3.63) is 33.8 Å². The minimum atomic E-state index is 0. The molecule has 0 aliphatic carbocycles. The number of benzene rings is 1. The maximum Gasteiger partial charge on any atom is 0.0465 e. The summed E-state index contributed by atoms with van der Waals surface area (Å²) in [7, 11) is 0. The van der Waals surface area contributed by atoms with Crippen molar-refractivity contribution < 1.29 is 0 Å². The van der Waals surface area contributed by atoms with E-state index in [0.29, 0.717) is 0 Å². The van der Waals surface area contributed by atoms with Gasteiger partial charge in [0.2, 0.25) is 0 Å². The van der Waals surface area contributed by atoms with Crippen LogP contribution >= 0.6 is 35.6 Å². The summed E-state index contributed by atoms with van der Waals surface area (Å²) >= 11 is 12.2. The van der Waals surface area contributed by atoms with Gasteiger partial charge >= 0.3 is 0 Å². The fourth-order valence-corrected chi connectivity index (χ4v) is 2.30.